The summed E-state index contributed by atoms with van der Waals surface area (Å²) in [6.07, 6.45) is 2.95. The Morgan fingerprint density at radius 3 is 2.92 bits per heavy atom. The maximum atomic E-state index is 10.9. The molecule has 0 bridgehead atoms. The Bertz CT molecular complexity index is 970. The van der Waals surface area contributed by atoms with E-state index in [0.717, 1.165) is 15.8 Å². The number of benzene rings is 1. The van der Waals surface area contributed by atoms with Gasteiger partial charge in [-0.05, 0) is 25.5 Å². The Labute approximate surface area is 146 Å². The van der Waals surface area contributed by atoms with Crippen LogP contribution < -0.4 is 5.43 Å². The molecule has 3 aromatic rings. The number of hydrogen-bond donors (Lipinski definition) is 1. The van der Waals surface area contributed by atoms with Crippen LogP contribution in [0.5, 0.6) is 0 Å². The minimum absolute atomic E-state index is 0.0898. The molecule has 2 heterocycles. The van der Waals surface area contributed by atoms with Gasteiger partial charge in [-0.3, -0.25) is 15.5 Å². The summed E-state index contributed by atoms with van der Waals surface area (Å²) in [5.41, 5.74) is 4.38. The van der Waals surface area contributed by atoms with Gasteiger partial charge in [0.25, 0.3) is 5.69 Å². The van der Waals surface area contributed by atoms with Crippen LogP contribution in [0.4, 0.5) is 11.5 Å². The van der Waals surface area contributed by atoms with Gasteiger partial charge < -0.3 is 0 Å². The molecule has 2 aromatic heterocycles. The third-order valence-corrected chi connectivity index (χ3v) is 4.95. The predicted molar refractivity (Wildman–Crippen MR) is 96.2 cm³/mol. The van der Waals surface area contributed by atoms with Crippen molar-refractivity contribution in [1.82, 2.24) is 9.97 Å². The number of thiophene rings is 1. The molecule has 0 saturated heterocycles. The zero-order chi connectivity index (χ0) is 17.3. The van der Waals surface area contributed by atoms with Crippen LogP contribution in [0.1, 0.15) is 16.0 Å². The van der Waals surface area contributed by atoms with Crippen molar-refractivity contribution < 1.29 is 4.92 Å². The van der Waals surface area contributed by atoms with Gasteiger partial charge in [-0.15, -0.1) is 11.3 Å². The average Bonchev–Trinajstić information content (AvgIpc) is 2.84. The van der Waals surface area contributed by atoms with Gasteiger partial charge in [0.2, 0.25) is 0 Å². The van der Waals surface area contributed by atoms with Crippen molar-refractivity contribution in [3.05, 3.63) is 55.7 Å². The Morgan fingerprint density at radius 2 is 2.17 bits per heavy atom. The number of nitro benzene ring substituents is 1. The fourth-order valence-electron chi connectivity index (χ4n) is 2.19. The van der Waals surface area contributed by atoms with Crippen LogP contribution >= 0.6 is 22.9 Å². The molecule has 0 unspecified atom stereocenters. The smallest absolute Gasteiger partial charge is 0.261 e. The third kappa shape index (κ3) is 3.06. The lowest BCUT2D eigenvalue weighted by molar-refractivity contribution is -0.384. The Morgan fingerprint density at radius 1 is 1.38 bits per heavy atom. The van der Waals surface area contributed by atoms with Gasteiger partial charge in [0, 0.05) is 16.5 Å². The summed E-state index contributed by atoms with van der Waals surface area (Å²) in [4.78, 5) is 20.9. The van der Waals surface area contributed by atoms with Crippen LogP contribution in [0, 0.1) is 24.0 Å². The summed E-state index contributed by atoms with van der Waals surface area (Å²) in [5.74, 6) is 0.599. The first-order valence-corrected chi connectivity index (χ1v) is 8.10. The van der Waals surface area contributed by atoms with Gasteiger partial charge in [0.05, 0.1) is 16.5 Å². The molecule has 7 nitrogen and oxygen atoms in total. The van der Waals surface area contributed by atoms with Crippen LogP contribution in [0.15, 0.2) is 29.6 Å². The standard InChI is InChI=1S/C15H12ClN5O2S/c1-8-9(2)24-15-13(8)14(17-7-18-15)20-19-6-10-3-4-11(16)12(5-10)21(22)23/h3-7H,1-2H3,(H,17,18,20)/b19-6-. The predicted octanol–water partition coefficient (Wildman–Crippen LogP) is 4.32. The van der Waals surface area contributed by atoms with Gasteiger partial charge in [-0.2, -0.15) is 5.10 Å². The third-order valence-electron chi connectivity index (χ3n) is 3.52. The lowest BCUT2D eigenvalue weighted by atomic mass is 10.2. The van der Waals surface area contributed by atoms with Gasteiger partial charge in [0.1, 0.15) is 16.2 Å². The molecule has 0 saturated carbocycles. The first-order valence-electron chi connectivity index (χ1n) is 6.91. The largest absolute Gasteiger partial charge is 0.288 e. The molecule has 0 spiro atoms. The fraction of sp³-hybridized carbons (Fsp3) is 0.133. The second-order valence-corrected chi connectivity index (χ2v) is 6.63. The summed E-state index contributed by atoms with van der Waals surface area (Å²) < 4.78 is 0. The van der Waals surface area contributed by atoms with Crippen molar-refractivity contribution in [1.29, 1.82) is 0 Å². The van der Waals surface area contributed by atoms with E-state index < -0.39 is 4.92 Å². The lowest BCUT2D eigenvalue weighted by Gasteiger charge is -2.02. The maximum Gasteiger partial charge on any atom is 0.288 e. The SMILES string of the molecule is Cc1sc2ncnc(N/N=C\c3ccc(Cl)c([N+](=O)[O-])c3)c2c1C. The normalized spacial score (nSPS) is 11.3. The maximum absolute atomic E-state index is 10.9. The number of anilines is 1. The molecular weight excluding hydrogens is 350 g/mol. The molecular formula is C15H12ClN5O2S. The molecule has 0 amide bonds. The highest BCUT2D eigenvalue weighted by Crippen LogP contribution is 2.32. The number of halogens is 1. The Hall–Kier alpha value is -2.58. The van der Waals surface area contributed by atoms with Gasteiger partial charge in [-0.25, -0.2) is 9.97 Å². The molecule has 9 heteroatoms. The molecule has 122 valence electrons. The summed E-state index contributed by atoms with van der Waals surface area (Å²) in [5, 5.41) is 16.0. The number of nitrogens with one attached hydrogen (secondary N) is 1. The minimum atomic E-state index is -0.529. The van der Waals surface area contributed by atoms with Gasteiger partial charge in [-0.1, -0.05) is 17.7 Å². The summed E-state index contributed by atoms with van der Waals surface area (Å²) in [6, 6.07) is 4.48. The van der Waals surface area contributed by atoms with E-state index in [9.17, 15) is 10.1 Å². The van der Waals surface area contributed by atoms with Crippen LogP contribution in [0.25, 0.3) is 10.2 Å². The molecule has 24 heavy (non-hydrogen) atoms. The van der Waals surface area contributed by atoms with Crippen molar-refractivity contribution >= 4 is 50.9 Å². The zero-order valence-electron chi connectivity index (χ0n) is 12.8. The van der Waals surface area contributed by atoms with Crippen LogP contribution in [0.3, 0.4) is 0 Å². The lowest BCUT2D eigenvalue weighted by Crippen LogP contribution is -1.96. The monoisotopic (exact) mass is 361 g/mol. The molecule has 0 aliphatic carbocycles. The van der Waals surface area contributed by atoms with E-state index in [2.05, 4.69) is 20.5 Å². The highest BCUT2D eigenvalue weighted by atomic mass is 35.5. The molecule has 0 aliphatic rings. The summed E-state index contributed by atoms with van der Waals surface area (Å²) in [6.45, 7) is 4.04. The van der Waals surface area contributed by atoms with E-state index in [0.29, 0.717) is 11.4 Å². The van der Waals surface area contributed by atoms with Crippen molar-refractivity contribution in [2.45, 2.75) is 13.8 Å². The topological polar surface area (TPSA) is 93.3 Å². The number of fused-ring (bicyclic) bond motifs is 1. The van der Waals surface area contributed by atoms with Crippen molar-refractivity contribution in [3.8, 4) is 0 Å². The zero-order valence-corrected chi connectivity index (χ0v) is 14.4. The molecule has 3 rings (SSSR count). The quantitative estimate of drug-likeness (QED) is 0.424. The molecule has 0 fully saturated rings. The van der Waals surface area contributed by atoms with E-state index >= 15 is 0 Å². The van der Waals surface area contributed by atoms with Crippen molar-refractivity contribution in [3.63, 3.8) is 0 Å². The highest BCUT2D eigenvalue weighted by Gasteiger charge is 2.13. The number of hydrazone groups is 1. The second kappa shape index (κ2) is 6.50. The minimum Gasteiger partial charge on any atom is -0.261 e. The molecule has 1 N–H and O–H groups in total. The van der Waals surface area contributed by atoms with Crippen molar-refractivity contribution in [2.24, 2.45) is 5.10 Å². The van der Waals surface area contributed by atoms with Crippen molar-refractivity contribution in [2.75, 3.05) is 5.43 Å². The van der Waals surface area contributed by atoms with E-state index in [1.807, 2.05) is 13.8 Å². The van der Waals surface area contributed by atoms with Gasteiger partial charge in [0.15, 0.2) is 5.82 Å². The fourth-order valence-corrected chi connectivity index (χ4v) is 3.37. The average molecular weight is 362 g/mol. The number of nitro groups is 1. The second-order valence-electron chi connectivity index (χ2n) is 5.02. The first-order chi connectivity index (χ1) is 11.5. The first kappa shape index (κ1) is 16.3. The summed E-state index contributed by atoms with van der Waals surface area (Å²) in [7, 11) is 0. The number of hydrogen-bond acceptors (Lipinski definition) is 7. The molecule has 0 aliphatic heterocycles. The van der Waals surface area contributed by atoms with E-state index in [1.54, 1.807) is 17.4 Å². The van der Waals surface area contributed by atoms with E-state index in [-0.39, 0.29) is 10.7 Å². The Kier molecular flexibility index (Phi) is 4.41. The highest BCUT2D eigenvalue weighted by molar-refractivity contribution is 7.18. The molecule has 0 atom stereocenters. The van der Waals surface area contributed by atoms with Crippen LogP contribution in [0.2, 0.25) is 5.02 Å². The van der Waals surface area contributed by atoms with Crippen LogP contribution in [-0.4, -0.2) is 21.1 Å². The number of nitrogens with zero attached hydrogens (tertiary/aromatic N) is 4. The number of aryl methyl sites for hydroxylation is 2. The number of aromatic nitrogens is 2. The molecule has 1 aromatic carbocycles. The van der Waals surface area contributed by atoms with Crippen LogP contribution in [-0.2, 0) is 0 Å². The Balaban J connectivity index is 1.87. The van der Waals surface area contributed by atoms with Gasteiger partial charge >= 0.3 is 0 Å². The van der Waals surface area contributed by atoms with E-state index in [4.69, 9.17) is 11.6 Å². The summed E-state index contributed by atoms with van der Waals surface area (Å²) >= 11 is 7.39. The van der Waals surface area contributed by atoms with E-state index in [1.165, 1.54) is 29.6 Å². The molecule has 0 radical (unpaired) electrons. The number of rotatable bonds is 4.